The van der Waals surface area contributed by atoms with Crippen molar-refractivity contribution in [2.45, 2.75) is 70.3 Å². The van der Waals surface area contributed by atoms with E-state index < -0.39 is 0 Å². The van der Waals surface area contributed by atoms with Gasteiger partial charge >= 0.3 is 0 Å². The van der Waals surface area contributed by atoms with Crippen molar-refractivity contribution in [1.29, 1.82) is 0 Å². The minimum Gasteiger partial charge on any atom is -0.353 e. The normalized spacial score (nSPS) is 29.3. The zero-order chi connectivity index (χ0) is 14.4. The average Bonchev–Trinajstić information content (AvgIpc) is 3.34. The highest BCUT2D eigenvalue weighted by Crippen LogP contribution is 2.42. The van der Waals surface area contributed by atoms with E-state index in [1.54, 1.807) is 0 Å². The summed E-state index contributed by atoms with van der Waals surface area (Å²) in [6.45, 7) is 3.22. The number of halogens is 1. The molecule has 2 aliphatic carbocycles. The average molecular weight is 306 g/mol. The van der Waals surface area contributed by atoms with Crippen molar-refractivity contribution in [1.82, 2.24) is 9.97 Å². The van der Waals surface area contributed by atoms with Crippen LogP contribution in [0.15, 0.2) is 0 Å². The highest BCUT2D eigenvalue weighted by Gasteiger charge is 2.36. The summed E-state index contributed by atoms with van der Waals surface area (Å²) in [7, 11) is 0. The van der Waals surface area contributed by atoms with E-state index in [1.807, 2.05) is 0 Å². The molecule has 3 aliphatic rings. The first kappa shape index (κ1) is 13.8. The molecule has 0 spiro atoms. The predicted molar refractivity (Wildman–Crippen MR) is 86.1 cm³/mol. The van der Waals surface area contributed by atoms with Crippen molar-refractivity contribution >= 4 is 17.4 Å². The summed E-state index contributed by atoms with van der Waals surface area (Å²) in [5.74, 6) is 3.55. The maximum Gasteiger partial charge on any atom is 0.137 e. The Morgan fingerprint density at radius 1 is 1.00 bits per heavy atom. The Morgan fingerprint density at radius 3 is 2.57 bits per heavy atom. The lowest BCUT2D eigenvalue weighted by molar-refractivity contribution is 0.242. The van der Waals surface area contributed by atoms with Gasteiger partial charge in [0, 0.05) is 24.1 Å². The molecule has 1 aliphatic heterocycles. The molecular formula is C17H24ClN3. The lowest BCUT2D eigenvalue weighted by Gasteiger charge is -2.45. The third-order valence-electron chi connectivity index (χ3n) is 5.54. The van der Waals surface area contributed by atoms with Crippen LogP contribution < -0.4 is 4.90 Å². The quantitative estimate of drug-likeness (QED) is 0.755. The zero-order valence-corrected chi connectivity index (χ0v) is 13.6. The topological polar surface area (TPSA) is 29.0 Å². The zero-order valence-electron chi connectivity index (χ0n) is 12.8. The number of anilines is 1. The Hall–Kier alpha value is -0.830. The Bertz CT molecular complexity index is 539. The van der Waals surface area contributed by atoms with E-state index in [0.717, 1.165) is 29.7 Å². The molecule has 0 bridgehead atoms. The minimum absolute atomic E-state index is 0.564. The fraction of sp³-hybridized carbons (Fsp3) is 0.765. The van der Waals surface area contributed by atoms with E-state index in [0.29, 0.717) is 17.1 Å². The van der Waals surface area contributed by atoms with Gasteiger partial charge < -0.3 is 4.90 Å². The third-order valence-corrected chi connectivity index (χ3v) is 5.90. The summed E-state index contributed by atoms with van der Waals surface area (Å²) in [6, 6.07) is 0.684. The largest absolute Gasteiger partial charge is 0.353 e. The van der Waals surface area contributed by atoms with Gasteiger partial charge in [-0.05, 0) is 51.4 Å². The van der Waals surface area contributed by atoms with Gasteiger partial charge in [0.1, 0.15) is 16.8 Å². The van der Waals surface area contributed by atoms with Crippen LogP contribution in [0.4, 0.5) is 5.82 Å². The molecule has 2 atom stereocenters. The van der Waals surface area contributed by atoms with E-state index >= 15 is 0 Å². The molecule has 4 heteroatoms. The molecule has 21 heavy (non-hydrogen) atoms. The molecule has 0 aromatic carbocycles. The van der Waals surface area contributed by atoms with Crippen molar-refractivity contribution in [3.8, 4) is 0 Å². The molecular weight excluding hydrogens is 282 g/mol. The van der Waals surface area contributed by atoms with Crippen molar-refractivity contribution in [2.75, 3.05) is 11.4 Å². The van der Waals surface area contributed by atoms with E-state index in [2.05, 4.69) is 16.8 Å². The summed E-state index contributed by atoms with van der Waals surface area (Å²) < 4.78 is 0. The van der Waals surface area contributed by atoms with Gasteiger partial charge in [0.25, 0.3) is 0 Å². The first-order valence-corrected chi connectivity index (χ1v) is 8.92. The van der Waals surface area contributed by atoms with E-state index in [4.69, 9.17) is 16.6 Å². The second kappa shape index (κ2) is 5.42. The van der Waals surface area contributed by atoms with Gasteiger partial charge in [-0.15, -0.1) is 0 Å². The van der Waals surface area contributed by atoms with E-state index in [-0.39, 0.29) is 0 Å². The van der Waals surface area contributed by atoms with Crippen LogP contribution in [-0.2, 0) is 0 Å². The van der Waals surface area contributed by atoms with Crippen LogP contribution in [0.1, 0.15) is 68.7 Å². The van der Waals surface area contributed by atoms with Gasteiger partial charge in [-0.25, -0.2) is 9.97 Å². The van der Waals surface area contributed by atoms with Crippen molar-refractivity contribution in [2.24, 2.45) is 5.92 Å². The van der Waals surface area contributed by atoms with Gasteiger partial charge in [0.2, 0.25) is 0 Å². The molecule has 0 N–H and O–H groups in total. The van der Waals surface area contributed by atoms with Gasteiger partial charge in [-0.3, -0.25) is 0 Å². The highest BCUT2D eigenvalue weighted by molar-refractivity contribution is 6.30. The lowest BCUT2D eigenvalue weighted by Crippen LogP contribution is -2.47. The van der Waals surface area contributed by atoms with E-state index in [9.17, 15) is 0 Å². The fourth-order valence-electron chi connectivity index (χ4n) is 4.19. The standard InChI is InChI=1S/C17H24ClN3/c1-11-15(18)19-16(13-8-9-13)20-17(11)21-10-4-6-12-5-2-3-7-14(12)21/h12-14H,2-10H2,1H3/t12-,14-/m1/s1. The summed E-state index contributed by atoms with van der Waals surface area (Å²) in [6.07, 6.45) is 10.6. The van der Waals surface area contributed by atoms with Crippen LogP contribution in [0.2, 0.25) is 5.15 Å². The molecule has 3 nitrogen and oxygen atoms in total. The maximum atomic E-state index is 6.41. The minimum atomic E-state index is 0.564. The molecule has 1 aromatic heterocycles. The Kier molecular flexibility index (Phi) is 3.56. The van der Waals surface area contributed by atoms with Crippen LogP contribution in [0, 0.1) is 12.8 Å². The number of hydrogen-bond donors (Lipinski definition) is 0. The highest BCUT2D eigenvalue weighted by atomic mass is 35.5. The first-order valence-electron chi connectivity index (χ1n) is 8.54. The van der Waals surface area contributed by atoms with Gasteiger partial charge in [-0.1, -0.05) is 24.4 Å². The summed E-state index contributed by atoms with van der Waals surface area (Å²) in [4.78, 5) is 12.0. The van der Waals surface area contributed by atoms with Crippen molar-refractivity contribution < 1.29 is 0 Å². The van der Waals surface area contributed by atoms with Crippen molar-refractivity contribution in [3.63, 3.8) is 0 Å². The second-order valence-corrected chi connectivity index (χ2v) is 7.40. The number of piperidine rings is 1. The van der Waals surface area contributed by atoms with Gasteiger partial charge in [-0.2, -0.15) is 0 Å². The van der Waals surface area contributed by atoms with E-state index in [1.165, 1.54) is 51.4 Å². The number of aromatic nitrogens is 2. The number of hydrogen-bond acceptors (Lipinski definition) is 3. The summed E-state index contributed by atoms with van der Waals surface area (Å²) >= 11 is 6.41. The molecule has 1 saturated heterocycles. The number of rotatable bonds is 2. The molecule has 1 aromatic rings. The van der Waals surface area contributed by atoms with Crippen LogP contribution in [0.3, 0.4) is 0 Å². The van der Waals surface area contributed by atoms with Gasteiger partial charge in [0.05, 0.1) is 0 Å². The van der Waals surface area contributed by atoms with Crippen molar-refractivity contribution in [3.05, 3.63) is 16.5 Å². The lowest BCUT2D eigenvalue weighted by atomic mass is 9.78. The van der Waals surface area contributed by atoms with Crippen LogP contribution in [0.25, 0.3) is 0 Å². The second-order valence-electron chi connectivity index (χ2n) is 7.04. The monoisotopic (exact) mass is 305 g/mol. The van der Waals surface area contributed by atoms with Crippen LogP contribution in [-0.4, -0.2) is 22.6 Å². The molecule has 2 saturated carbocycles. The molecule has 0 radical (unpaired) electrons. The third kappa shape index (κ3) is 2.54. The molecule has 2 heterocycles. The maximum absolute atomic E-state index is 6.41. The number of fused-ring (bicyclic) bond motifs is 1. The van der Waals surface area contributed by atoms with Crippen LogP contribution >= 0.6 is 11.6 Å². The summed E-state index contributed by atoms with van der Waals surface area (Å²) in [5.41, 5.74) is 1.08. The Labute approximate surface area is 132 Å². The molecule has 4 rings (SSSR count). The molecule has 0 amide bonds. The number of nitrogens with zero attached hydrogens (tertiary/aromatic N) is 3. The fourth-order valence-corrected chi connectivity index (χ4v) is 4.36. The summed E-state index contributed by atoms with van der Waals surface area (Å²) in [5, 5.41) is 0.667. The van der Waals surface area contributed by atoms with Gasteiger partial charge in [0.15, 0.2) is 0 Å². The molecule has 114 valence electrons. The molecule has 3 fully saturated rings. The Balaban J connectivity index is 1.70. The first-order chi connectivity index (χ1) is 10.2. The van der Waals surface area contributed by atoms with Crippen LogP contribution in [0.5, 0.6) is 0 Å². The predicted octanol–water partition coefficient (Wildman–Crippen LogP) is 4.47. The Morgan fingerprint density at radius 2 is 1.76 bits per heavy atom. The smallest absolute Gasteiger partial charge is 0.137 e. The molecule has 0 unspecified atom stereocenters. The SMILES string of the molecule is Cc1c(Cl)nc(C2CC2)nc1N1CCC[C@H]2CCCC[C@H]21.